The number of aryl methyl sites for hydroxylation is 3. The van der Waals surface area contributed by atoms with Crippen molar-refractivity contribution in [2.45, 2.75) is 38.4 Å². The fraction of sp³-hybridized carbons (Fsp3) is 0.259. The van der Waals surface area contributed by atoms with Gasteiger partial charge in [0.25, 0.3) is 11.6 Å². The molecule has 0 saturated carbocycles. The monoisotopic (exact) mass is 524 g/mol. The molecule has 6 aromatic rings. The molecule has 1 aliphatic heterocycles. The molecule has 0 amide bonds. The van der Waals surface area contributed by atoms with E-state index in [0.29, 0.717) is 24.5 Å². The quantitative estimate of drug-likeness (QED) is 0.291. The van der Waals surface area contributed by atoms with E-state index >= 15 is 0 Å². The van der Waals surface area contributed by atoms with Gasteiger partial charge in [-0.25, -0.2) is 9.78 Å². The topological polar surface area (TPSA) is 147 Å². The number of nitrogens with zero attached hydrogens (tertiary/aromatic N) is 6. The molecule has 0 radical (unpaired) electrons. The number of nitrogens with one attached hydrogen (secondary N) is 3. The maximum absolute atomic E-state index is 12.7. The fourth-order valence-corrected chi connectivity index (χ4v) is 5.39. The Labute approximate surface area is 221 Å². The molecule has 1 aliphatic rings. The average molecular weight is 525 g/mol. The summed E-state index contributed by atoms with van der Waals surface area (Å²) < 4.78 is 14.1. The third-order valence-electron chi connectivity index (χ3n) is 7.28. The SMILES string of the molecule is CCn1nc(C2(c3c[n+](C)on3)N[C@@H](c3ncc(-c4ccc(C)cn4)[nH]3)Cc3c2[nH]c2ccccc32)oc1=O. The molecule has 12 nitrogen and oxygen atoms in total. The van der Waals surface area contributed by atoms with Gasteiger partial charge in [0, 0.05) is 23.6 Å². The van der Waals surface area contributed by atoms with Crippen molar-refractivity contribution in [3.8, 4) is 11.4 Å². The van der Waals surface area contributed by atoms with E-state index in [4.69, 9.17) is 14.0 Å². The van der Waals surface area contributed by atoms with Crippen LogP contribution in [0.4, 0.5) is 0 Å². The number of fused-ring (bicyclic) bond motifs is 3. The van der Waals surface area contributed by atoms with Crippen molar-refractivity contribution in [3.05, 3.63) is 99.8 Å². The Hall–Kier alpha value is -4.84. The Morgan fingerprint density at radius 2 is 2.03 bits per heavy atom. The van der Waals surface area contributed by atoms with Crippen molar-refractivity contribution < 1.29 is 13.8 Å². The van der Waals surface area contributed by atoms with E-state index in [-0.39, 0.29) is 11.9 Å². The molecule has 2 atom stereocenters. The number of hydrogen-bond donors (Lipinski definition) is 3. The summed E-state index contributed by atoms with van der Waals surface area (Å²) in [6.45, 7) is 4.20. The molecule has 0 spiro atoms. The van der Waals surface area contributed by atoms with Crippen LogP contribution in [0.25, 0.3) is 22.3 Å². The van der Waals surface area contributed by atoms with Crippen LogP contribution in [0.2, 0.25) is 0 Å². The van der Waals surface area contributed by atoms with E-state index in [1.54, 1.807) is 19.4 Å². The maximum atomic E-state index is 12.7. The van der Waals surface area contributed by atoms with E-state index in [1.807, 2.05) is 50.4 Å². The molecule has 0 bridgehead atoms. The fourth-order valence-electron chi connectivity index (χ4n) is 5.39. The Balaban J connectivity index is 1.46. The van der Waals surface area contributed by atoms with Crippen LogP contribution in [0, 0.1) is 6.92 Å². The summed E-state index contributed by atoms with van der Waals surface area (Å²) in [5.41, 5.74) is 4.67. The van der Waals surface area contributed by atoms with Crippen molar-refractivity contribution in [2.24, 2.45) is 7.05 Å². The molecule has 1 aromatic carbocycles. The average Bonchev–Trinajstić information content (AvgIpc) is 3.74. The number of benzene rings is 1. The van der Waals surface area contributed by atoms with Crippen molar-refractivity contribution in [1.29, 1.82) is 0 Å². The van der Waals surface area contributed by atoms with E-state index in [0.717, 1.165) is 39.1 Å². The van der Waals surface area contributed by atoms with Gasteiger partial charge in [-0.3, -0.25) is 10.3 Å². The smallest absolute Gasteiger partial charge is 0.389 e. The van der Waals surface area contributed by atoms with E-state index in [1.165, 1.54) is 9.42 Å². The molecule has 196 valence electrons. The van der Waals surface area contributed by atoms with Crippen LogP contribution in [0.15, 0.2) is 68.8 Å². The molecule has 0 aliphatic carbocycles. The number of hydrogen-bond acceptors (Lipinski definition) is 8. The second kappa shape index (κ2) is 8.60. The minimum atomic E-state index is -1.27. The van der Waals surface area contributed by atoms with Gasteiger partial charge < -0.3 is 14.4 Å². The first-order valence-corrected chi connectivity index (χ1v) is 12.7. The molecule has 3 N–H and O–H groups in total. The van der Waals surface area contributed by atoms with Crippen molar-refractivity contribution in [2.75, 3.05) is 0 Å². The zero-order valence-corrected chi connectivity index (χ0v) is 21.6. The van der Waals surface area contributed by atoms with Crippen LogP contribution in [-0.4, -0.2) is 34.9 Å². The number of para-hydroxylation sites is 1. The minimum Gasteiger partial charge on any atom is -0.389 e. The van der Waals surface area contributed by atoms with Crippen molar-refractivity contribution >= 4 is 10.9 Å². The highest BCUT2D eigenvalue weighted by atomic mass is 16.6. The molecule has 7 rings (SSSR count). The standard InChI is InChI=1S/C27H26N9O3/c1-4-36-26(37)38-25(33-36)27(22-14-35(3)39-34-22)23-17(16-7-5-6-8-18(16)30-23)11-20(32-27)24-29-13-21(31-24)19-10-9-15(2)12-28-19/h5-10,12-14,20,30,32H,4,11H2,1-3H3,(H,29,31)/q+1/t20-,27?/m1/s1. The number of H-pyrrole nitrogens is 2. The van der Waals surface area contributed by atoms with Crippen LogP contribution in [-0.2, 0) is 25.6 Å². The third kappa shape index (κ3) is 3.56. The Kier molecular flexibility index (Phi) is 5.13. The summed E-state index contributed by atoms with van der Waals surface area (Å²) >= 11 is 0. The number of imidazole rings is 1. The molecule has 12 heteroatoms. The highest BCUT2D eigenvalue weighted by Crippen LogP contribution is 2.45. The Morgan fingerprint density at radius 1 is 1.15 bits per heavy atom. The largest absolute Gasteiger partial charge is 0.437 e. The van der Waals surface area contributed by atoms with Crippen LogP contribution in [0.3, 0.4) is 0 Å². The normalized spacial score (nSPS) is 19.0. The first kappa shape index (κ1) is 23.3. The van der Waals surface area contributed by atoms with E-state index in [9.17, 15) is 4.79 Å². The predicted molar refractivity (Wildman–Crippen MR) is 138 cm³/mol. The zero-order valence-electron chi connectivity index (χ0n) is 21.6. The first-order valence-electron chi connectivity index (χ1n) is 12.7. The van der Waals surface area contributed by atoms with Gasteiger partial charge in [0.2, 0.25) is 5.54 Å². The lowest BCUT2D eigenvalue weighted by molar-refractivity contribution is -0.854. The number of rotatable bonds is 5. The summed E-state index contributed by atoms with van der Waals surface area (Å²) in [4.78, 5) is 29.0. The van der Waals surface area contributed by atoms with Gasteiger partial charge in [-0.15, -0.1) is 5.10 Å². The van der Waals surface area contributed by atoms with E-state index in [2.05, 4.69) is 36.6 Å². The maximum Gasteiger partial charge on any atom is 0.437 e. The number of aromatic nitrogens is 8. The Bertz CT molecular complexity index is 1870. The molecular formula is C27H26N9O3+. The highest BCUT2D eigenvalue weighted by molar-refractivity contribution is 5.86. The summed E-state index contributed by atoms with van der Waals surface area (Å²) in [6.07, 6.45) is 5.97. The van der Waals surface area contributed by atoms with Gasteiger partial charge in [-0.2, -0.15) is 4.68 Å². The van der Waals surface area contributed by atoms with Crippen molar-refractivity contribution in [1.82, 2.24) is 40.2 Å². The lowest BCUT2D eigenvalue weighted by Gasteiger charge is -2.35. The molecule has 0 saturated heterocycles. The third-order valence-corrected chi connectivity index (χ3v) is 7.28. The second-order valence-electron chi connectivity index (χ2n) is 9.80. The van der Waals surface area contributed by atoms with Gasteiger partial charge in [0.1, 0.15) is 12.9 Å². The molecule has 0 fully saturated rings. The molecular weight excluding hydrogens is 498 g/mol. The predicted octanol–water partition coefficient (Wildman–Crippen LogP) is 2.42. The lowest BCUT2D eigenvalue weighted by atomic mass is 9.81. The van der Waals surface area contributed by atoms with Crippen LogP contribution < -0.4 is 15.8 Å². The van der Waals surface area contributed by atoms with Crippen LogP contribution in [0.5, 0.6) is 0 Å². The zero-order chi connectivity index (χ0) is 26.7. The number of aromatic amines is 2. The van der Waals surface area contributed by atoms with Gasteiger partial charge in [-0.05, 0) is 43.5 Å². The summed E-state index contributed by atoms with van der Waals surface area (Å²) in [6, 6.07) is 11.7. The molecule has 6 heterocycles. The summed E-state index contributed by atoms with van der Waals surface area (Å²) in [7, 11) is 1.74. The summed E-state index contributed by atoms with van der Waals surface area (Å²) in [5.74, 6) is 0.317. The van der Waals surface area contributed by atoms with Gasteiger partial charge >= 0.3 is 5.76 Å². The van der Waals surface area contributed by atoms with Crippen LogP contribution >= 0.6 is 0 Å². The highest BCUT2D eigenvalue weighted by Gasteiger charge is 2.55. The minimum absolute atomic E-state index is 0.160. The first-order chi connectivity index (χ1) is 19.0. The van der Waals surface area contributed by atoms with Gasteiger partial charge in [0.15, 0.2) is 11.4 Å². The Morgan fingerprint density at radius 3 is 2.77 bits per heavy atom. The van der Waals surface area contributed by atoms with Crippen LogP contribution in [0.1, 0.15) is 47.2 Å². The second-order valence-corrected chi connectivity index (χ2v) is 9.80. The molecule has 39 heavy (non-hydrogen) atoms. The van der Waals surface area contributed by atoms with Gasteiger partial charge in [-0.1, -0.05) is 33.6 Å². The lowest BCUT2D eigenvalue weighted by Crippen LogP contribution is -2.52. The van der Waals surface area contributed by atoms with Crippen molar-refractivity contribution in [3.63, 3.8) is 0 Å². The molecule has 1 unspecified atom stereocenters. The summed E-state index contributed by atoms with van der Waals surface area (Å²) in [5, 5.41) is 13.7. The van der Waals surface area contributed by atoms with E-state index < -0.39 is 11.3 Å². The molecule has 5 aromatic heterocycles. The number of pyridine rings is 1. The van der Waals surface area contributed by atoms with Gasteiger partial charge in [0.05, 0.1) is 29.3 Å².